The van der Waals surface area contributed by atoms with Crippen LogP contribution in [0.3, 0.4) is 0 Å². The molecule has 0 saturated heterocycles. The smallest absolute Gasteiger partial charge is 0.337 e. The van der Waals surface area contributed by atoms with Crippen LogP contribution in [0.2, 0.25) is 0 Å². The lowest BCUT2D eigenvalue weighted by molar-refractivity contribution is 0.0319. The van der Waals surface area contributed by atoms with Crippen molar-refractivity contribution in [3.8, 4) is 0 Å². The molecule has 19 heavy (non-hydrogen) atoms. The Kier molecular flexibility index (Phi) is 6.67. The van der Waals surface area contributed by atoms with E-state index < -0.39 is 0 Å². The van der Waals surface area contributed by atoms with E-state index in [4.69, 9.17) is 11.3 Å². The first kappa shape index (κ1) is 15.2. The Morgan fingerprint density at radius 2 is 2.16 bits per heavy atom. The number of esters is 1. The molecule has 0 aliphatic heterocycles. The SMILES string of the molecule is [C-]#[N+]c1cccc(C(=O)O[C@@H](C)CCCCCC)c1. The van der Waals surface area contributed by atoms with Crippen LogP contribution in [-0.2, 0) is 4.74 Å². The van der Waals surface area contributed by atoms with E-state index in [1.54, 1.807) is 24.3 Å². The highest BCUT2D eigenvalue weighted by Gasteiger charge is 2.12. The lowest BCUT2D eigenvalue weighted by atomic mass is 10.1. The van der Waals surface area contributed by atoms with Crippen molar-refractivity contribution in [2.24, 2.45) is 0 Å². The molecule has 0 aliphatic carbocycles. The molecule has 0 aromatic heterocycles. The van der Waals surface area contributed by atoms with Gasteiger partial charge in [0.25, 0.3) is 0 Å². The summed E-state index contributed by atoms with van der Waals surface area (Å²) in [5, 5.41) is 0. The molecule has 102 valence electrons. The fourth-order valence-corrected chi connectivity index (χ4v) is 1.87. The van der Waals surface area contributed by atoms with Crippen molar-refractivity contribution in [2.75, 3.05) is 0 Å². The van der Waals surface area contributed by atoms with Crippen molar-refractivity contribution >= 4 is 11.7 Å². The fraction of sp³-hybridized carbons (Fsp3) is 0.500. The number of hydrogen-bond acceptors (Lipinski definition) is 2. The van der Waals surface area contributed by atoms with Crippen molar-refractivity contribution in [1.82, 2.24) is 0 Å². The van der Waals surface area contributed by atoms with E-state index in [0.29, 0.717) is 11.3 Å². The molecule has 0 N–H and O–H groups in total. The molecule has 0 spiro atoms. The summed E-state index contributed by atoms with van der Waals surface area (Å²) in [5.41, 5.74) is 0.916. The molecule has 0 amide bonds. The number of ether oxygens (including phenoxy) is 1. The third-order valence-corrected chi connectivity index (χ3v) is 2.98. The number of nitrogens with zero attached hydrogens (tertiary/aromatic N) is 1. The first-order chi connectivity index (χ1) is 9.17. The normalized spacial score (nSPS) is 11.6. The number of carbonyl (C=O) groups excluding carboxylic acids is 1. The van der Waals surface area contributed by atoms with Gasteiger partial charge in [0.2, 0.25) is 0 Å². The van der Waals surface area contributed by atoms with Gasteiger partial charge in [-0.1, -0.05) is 44.4 Å². The van der Waals surface area contributed by atoms with Crippen LogP contribution in [0, 0.1) is 6.57 Å². The molecule has 0 heterocycles. The van der Waals surface area contributed by atoms with Gasteiger partial charge in [0.15, 0.2) is 5.69 Å². The summed E-state index contributed by atoms with van der Waals surface area (Å²) in [5.74, 6) is -0.339. The minimum Gasteiger partial charge on any atom is -0.459 e. The number of carbonyl (C=O) groups is 1. The summed E-state index contributed by atoms with van der Waals surface area (Å²) in [7, 11) is 0. The van der Waals surface area contributed by atoms with Crippen LogP contribution in [0.5, 0.6) is 0 Å². The quantitative estimate of drug-likeness (QED) is 0.402. The molecule has 0 unspecified atom stereocenters. The summed E-state index contributed by atoms with van der Waals surface area (Å²) in [4.78, 5) is 15.2. The predicted octanol–water partition coefficient (Wildman–Crippen LogP) is 4.75. The van der Waals surface area contributed by atoms with E-state index in [1.807, 2.05) is 6.92 Å². The van der Waals surface area contributed by atoms with Gasteiger partial charge in [0.1, 0.15) is 0 Å². The molecule has 0 aliphatic rings. The minimum atomic E-state index is -0.339. The molecule has 1 aromatic carbocycles. The summed E-state index contributed by atoms with van der Waals surface area (Å²) < 4.78 is 5.37. The zero-order valence-electron chi connectivity index (χ0n) is 11.7. The van der Waals surface area contributed by atoms with Gasteiger partial charge in [-0.15, -0.1) is 0 Å². The van der Waals surface area contributed by atoms with Crippen LogP contribution in [0.25, 0.3) is 4.85 Å². The molecule has 3 nitrogen and oxygen atoms in total. The second-order valence-corrected chi connectivity index (χ2v) is 4.73. The van der Waals surface area contributed by atoms with Crippen LogP contribution in [0.1, 0.15) is 56.3 Å². The average Bonchev–Trinajstić information content (AvgIpc) is 2.43. The Labute approximate surface area is 115 Å². The maximum absolute atomic E-state index is 11.9. The Bertz CT molecular complexity index is 448. The van der Waals surface area contributed by atoms with E-state index >= 15 is 0 Å². The van der Waals surface area contributed by atoms with Crippen LogP contribution < -0.4 is 0 Å². The van der Waals surface area contributed by atoms with E-state index in [-0.39, 0.29) is 12.1 Å². The predicted molar refractivity (Wildman–Crippen MR) is 76.3 cm³/mol. The largest absolute Gasteiger partial charge is 0.459 e. The molecule has 1 aromatic rings. The van der Waals surface area contributed by atoms with Crippen molar-refractivity contribution in [1.29, 1.82) is 0 Å². The van der Waals surface area contributed by atoms with Gasteiger partial charge in [-0.3, -0.25) is 0 Å². The van der Waals surface area contributed by atoms with Gasteiger partial charge < -0.3 is 4.74 Å². The maximum atomic E-state index is 11.9. The van der Waals surface area contributed by atoms with Crippen molar-refractivity contribution < 1.29 is 9.53 Å². The van der Waals surface area contributed by atoms with Crippen LogP contribution in [-0.4, -0.2) is 12.1 Å². The molecule has 0 radical (unpaired) electrons. The number of benzene rings is 1. The van der Waals surface area contributed by atoms with Crippen LogP contribution >= 0.6 is 0 Å². The van der Waals surface area contributed by atoms with Crippen molar-refractivity contribution in [3.63, 3.8) is 0 Å². The molecule has 1 rings (SSSR count). The molecule has 1 atom stereocenters. The van der Waals surface area contributed by atoms with Crippen LogP contribution in [0.15, 0.2) is 24.3 Å². The first-order valence-corrected chi connectivity index (χ1v) is 6.86. The highest BCUT2D eigenvalue weighted by molar-refractivity contribution is 5.90. The second kappa shape index (κ2) is 8.31. The lowest BCUT2D eigenvalue weighted by Crippen LogP contribution is -2.14. The second-order valence-electron chi connectivity index (χ2n) is 4.73. The fourth-order valence-electron chi connectivity index (χ4n) is 1.87. The molecule has 0 bridgehead atoms. The molecular formula is C16H21NO2. The summed E-state index contributed by atoms with van der Waals surface area (Å²) in [6.07, 6.45) is 5.54. The van der Waals surface area contributed by atoms with E-state index in [9.17, 15) is 4.79 Å². The number of rotatable bonds is 7. The first-order valence-electron chi connectivity index (χ1n) is 6.86. The summed E-state index contributed by atoms with van der Waals surface area (Å²) >= 11 is 0. The van der Waals surface area contributed by atoms with Crippen molar-refractivity contribution in [3.05, 3.63) is 41.2 Å². The van der Waals surface area contributed by atoms with Crippen LogP contribution in [0.4, 0.5) is 5.69 Å². The lowest BCUT2D eigenvalue weighted by Gasteiger charge is -2.13. The van der Waals surface area contributed by atoms with Crippen molar-refractivity contribution in [2.45, 2.75) is 52.1 Å². The van der Waals surface area contributed by atoms with E-state index in [2.05, 4.69) is 11.8 Å². The zero-order chi connectivity index (χ0) is 14.1. The molecule has 3 heteroatoms. The van der Waals surface area contributed by atoms with Gasteiger partial charge >= 0.3 is 5.97 Å². The highest BCUT2D eigenvalue weighted by atomic mass is 16.5. The monoisotopic (exact) mass is 259 g/mol. The third kappa shape index (κ3) is 5.56. The topological polar surface area (TPSA) is 30.7 Å². The molecule has 0 fully saturated rings. The van der Waals surface area contributed by atoms with Gasteiger partial charge in [0.05, 0.1) is 12.7 Å². The third-order valence-electron chi connectivity index (χ3n) is 2.98. The molecule has 0 saturated carbocycles. The number of hydrogen-bond donors (Lipinski definition) is 0. The standard InChI is InChI=1S/C16H21NO2/c1-4-5-6-7-9-13(2)19-16(18)14-10-8-11-15(12-14)17-3/h8,10-13H,4-7,9H2,1-2H3/t13-/m0/s1. The Morgan fingerprint density at radius 3 is 2.84 bits per heavy atom. The summed E-state index contributed by atoms with van der Waals surface area (Å²) in [6.45, 7) is 11.0. The maximum Gasteiger partial charge on any atom is 0.337 e. The highest BCUT2D eigenvalue weighted by Crippen LogP contribution is 2.16. The summed E-state index contributed by atoms with van der Waals surface area (Å²) in [6, 6.07) is 6.63. The van der Waals surface area contributed by atoms with Gasteiger partial charge in [-0.2, -0.15) is 0 Å². The van der Waals surface area contributed by atoms with Gasteiger partial charge in [0, 0.05) is 5.56 Å². The minimum absolute atomic E-state index is 0.0686. The average molecular weight is 259 g/mol. The Balaban J connectivity index is 2.43. The Morgan fingerprint density at radius 1 is 1.37 bits per heavy atom. The Hall–Kier alpha value is -1.82. The molecular weight excluding hydrogens is 238 g/mol. The number of unbranched alkanes of at least 4 members (excludes halogenated alkanes) is 3. The zero-order valence-corrected chi connectivity index (χ0v) is 11.7. The van der Waals surface area contributed by atoms with E-state index in [1.165, 1.54) is 19.3 Å². The van der Waals surface area contributed by atoms with E-state index in [0.717, 1.165) is 12.8 Å². The van der Waals surface area contributed by atoms with Gasteiger partial charge in [-0.05, 0) is 25.8 Å². The van der Waals surface area contributed by atoms with Gasteiger partial charge in [-0.25, -0.2) is 9.64 Å².